The van der Waals surface area contributed by atoms with Crippen molar-refractivity contribution >= 4 is 23.6 Å². The molecule has 0 aliphatic heterocycles. The van der Waals surface area contributed by atoms with Gasteiger partial charge in [-0.25, -0.2) is 14.4 Å². The van der Waals surface area contributed by atoms with Gasteiger partial charge >= 0.3 is 17.9 Å². The number of rotatable bonds is 13. The van der Waals surface area contributed by atoms with Crippen molar-refractivity contribution in [3.05, 3.63) is 96.6 Å². The summed E-state index contributed by atoms with van der Waals surface area (Å²) in [6, 6.07) is 11.2. The van der Waals surface area contributed by atoms with Gasteiger partial charge in [-0.2, -0.15) is 0 Å². The Labute approximate surface area is 224 Å². The lowest BCUT2D eigenvalue weighted by Gasteiger charge is -2.20. The number of allylic oxidation sites excluding steroid dienone is 1. The van der Waals surface area contributed by atoms with Crippen molar-refractivity contribution in [2.24, 2.45) is 5.92 Å². The number of carbonyl (C=O) groups is 3. The van der Waals surface area contributed by atoms with E-state index in [1.807, 2.05) is 24.3 Å². The van der Waals surface area contributed by atoms with Crippen LogP contribution >= 0.6 is 0 Å². The van der Waals surface area contributed by atoms with Gasteiger partial charge in [0, 0.05) is 22.6 Å². The molecule has 0 saturated carbocycles. The van der Waals surface area contributed by atoms with Crippen molar-refractivity contribution < 1.29 is 28.6 Å². The summed E-state index contributed by atoms with van der Waals surface area (Å²) in [4.78, 5) is 35.8. The predicted molar refractivity (Wildman–Crippen MR) is 149 cm³/mol. The quantitative estimate of drug-likeness (QED) is 0.122. The fraction of sp³-hybridized carbons (Fsp3) is 0.258. The van der Waals surface area contributed by atoms with Crippen LogP contribution in [-0.2, 0) is 36.7 Å². The van der Waals surface area contributed by atoms with Crippen LogP contribution in [0.5, 0.6) is 5.75 Å². The minimum absolute atomic E-state index is 0.0609. The Morgan fingerprint density at radius 1 is 0.816 bits per heavy atom. The Hall–Kier alpha value is -4.39. The van der Waals surface area contributed by atoms with Gasteiger partial charge in [0.05, 0.1) is 18.9 Å². The zero-order valence-electron chi connectivity index (χ0n) is 22.3. The molecule has 0 atom stereocenters. The van der Waals surface area contributed by atoms with Crippen LogP contribution in [0.1, 0.15) is 31.9 Å². The number of carbonyl (C=O) groups excluding carboxylic acids is 3. The number of nitrogen functional groups attached to an aromatic ring is 1. The van der Waals surface area contributed by atoms with E-state index in [1.54, 1.807) is 39.0 Å². The van der Waals surface area contributed by atoms with Gasteiger partial charge in [0.1, 0.15) is 0 Å². The van der Waals surface area contributed by atoms with E-state index in [0.717, 1.165) is 22.3 Å². The molecule has 0 aliphatic carbocycles. The fourth-order valence-corrected chi connectivity index (χ4v) is 3.47. The highest BCUT2D eigenvalue weighted by Gasteiger charge is 2.19. The Morgan fingerprint density at radius 2 is 1.34 bits per heavy atom. The summed E-state index contributed by atoms with van der Waals surface area (Å²) < 4.78 is 16.0. The Kier molecular flexibility index (Phi) is 10.8. The molecule has 0 aliphatic rings. The van der Waals surface area contributed by atoms with Gasteiger partial charge in [-0.1, -0.05) is 50.1 Å². The first-order valence-electron chi connectivity index (χ1n) is 12.1. The van der Waals surface area contributed by atoms with E-state index in [9.17, 15) is 14.4 Å². The van der Waals surface area contributed by atoms with Crippen LogP contribution < -0.4 is 10.5 Å². The zero-order chi connectivity index (χ0) is 28.4. The van der Waals surface area contributed by atoms with E-state index in [0.29, 0.717) is 29.7 Å². The number of nitrogens with two attached hydrogens (primary N) is 1. The molecular formula is C31H35NO6. The summed E-state index contributed by atoms with van der Waals surface area (Å²) in [6.45, 7) is 19.5. The van der Waals surface area contributed by atoms with Gasteiger partial charge < -0.3 is 19.9 Å². The first kappa shape index (κ1) is 29.8. The lowest BCUT2D eigenvalue weighted by atomic mass is 9.91. The number of anilines is 1. The summed E-state index contributed by atoms with van der Waals surface area (Å²) in [6.07, 6.45) is 2.89. The maximum atomic E-state index is 12.0. The number of hydrogen-bond acceptors (Lipinski definition) is 7. The monoisotopic (exact) mass is 517 g/mol. The summed E-state index contributed by atoms with van der Waals surface area (Å²) in [5.74, 6) is -1.56. The minimum Gasteiger partial charge on any atom is -0.462 e. The second kappa shape index (κ2) is 13.8. The van der Waals surface area contributed by atoms with Crippen molar-refractivity contribution in [3.63, 3.8) is 0 Å². The Balaban J connectivity index is 2.31. The van der Waals surface area contributed by atoms with E-state index in [-0.39, 0.29) is 30.5 Å². The maximum absolute atomic E-state index is 12.0. The average molecular weight is 518 g/mol. The molecule has 0 heterocycles. The van der Waals surface area contributed by atoms with E-state index in [2.05, 4.69) is 26.3 Å². The van der Waals surface area contributed by atoms with E-state index < -0.39 is 17.9 Å². The maximum Gasteiger partial charge on any atom is 0.338 e. The second-order valence-corrected chi connectivity index (χ2v) is 9.23. The standard InChI is InChI=1S/C31H35NO6/c1-8-9-23-15-25(26-12-13-28(27(32)16-26)38-31(35)21(6)7)11-10-24(23)14-22(17-36-29(33)19(2)3)18-37-30(34)20(4)5/h8,10-13,15-16,22H,1-2,4,6,9,14,17-18,32H2,3,5,7H3. The molecule has 0 spiro atoms. The average Bonchev–Trinajstić information content (AvgIpc) is 2.86. The van der Waals surface area contributed by atoms with E-state index in [4.69, 9.17) is 19.9 Å². The van der Waals surface area contributed by atoms with Crippen molar-refractivity contribution in [2.45, 2.75) is 33.6 Å². The lowest BCUT2D eigenvalue weighted by molar-refractivity contribution is -0.144. The van der Waals surface area contributed by atoms with Gasteiger partial charge in [0.2, 0.25) is 0 Å². The first-order valence-corrected chi connectivity index (χ1v) is 12.1. The van der Waals surface area contributed by atoms with E-state index >= 15 is 0 Å². The number of esters is 3. The molecule has 200 valence electrons. The highest BCUT2D eigenvalue weighted by Crippen LogP contribution is 2.31. The molecule has 0 fully saturated rings. The molecule has 38 heavy (non-hydrogen) atoms. The van der Waals surface area contributed by atoms with Crippen LogP contribution in [-0.4, -0.2) is 31.1 Å². The van der Waals surface area contributed by atoms with E-state index in [1.165, 1.54) is 0 Å². The smallest absolute Gasteiger partial charge is 0.338 e. The SMILES string of the molecule is C=CCc1cc(-c2ccc(OC(=O)C(=C)C)c(N)c2)ccc1CC(COC(=O)C(=C)C)COC(=O)C(=C)C. The van der Waals surface area contributed by atoms with Gasteiger partial charge in [0.25, 0.3) is 0 Å². The Morgan fingerprint density at radius 3 is 1.84 bits per heavy atom. The number of benzene rings is 2. The molecule has 2 rings (SSSR count). The van der Waals surface area contributed by atoms with Gasteiger partial charge in [-0.15, -0.1) is 6.58 Å². The molecule has 2 aromatic rings. The van der Waals surface area contributed by atoms with Crippen LogP contribution in [0.15, 0.2) is 85.5 Å². The molecule has 7 heteroatoms. The lowest BCUT2D eigenvalue weighted by Crippen LogP contribution is -2.23. The first-order chi connectivity index (χ1) is 17.9. The summed E-state index contributed by atoms with van der Waals surface area (Å²) in [5.41, 5.74) is 11.1. The molecule has 2 N–H and O–H groups in total. The third-order valence-corrected chi connectivity index (χ3v) is 5.57. The normalized spacial score (nSPS) is 10.4. The highest BCUT2D eigenvalue weighted by atomic mass is 16.5. The van der Waals surface area contributed by atoms with Crippen molar-refractivity contribution in [1.82, 2.24) is 0 Å². The van der Waals surface area contributed by atoms with Crippen LogP contribution in [0.3, 0.4) is 0 Å². The summed E-state index contributed by atoms with van der Waals surface area (Å²) >= 11 is 0. The van der Waals surface area contributed by atoms with Gasteiger partial charge in [-0.3, -0.25) is 0 Å². The molecule has 7 nitrogen and oxygen atoms in total. The second-order valence-electron chi connectivity index (χ2n) is 9.23. The van der Waals surface area contributed by atoms with Crippen molar-refractivity contribution in [2.75, 3.05) is 18.9 Å². The van der Waals surface area contributed by atoms with Crippen LogP contribution in [0.2, 0.25) is 0 Å². The van der Waals surface area contributed by atoms with Gasteiger partial charge in [-0.05, 0) is 68.0 Å². The molecule has 0 saturated heterocycles. The summed E-state index contributed by atoms with van der Waals surface area (Å²) in [7, 11) is 0. The molecule has 0 radical (unpaired) electrons. The molecule has 0 bridgehead atoms. The van der Waals surface area contributed by atoms with Crippen molar-refractivity contribution in [3.8, 4) is 16.9 Å². The van der Waals surface area contributed by atoms with Crippen molar-refractivity contribution in [1.29, 1.82) is 0 Å². The molecule has 0 unspecified atom stereocenters. The van der Waals surface area contributed by atoms with Gasteiger partial charge in [0.15, 0.2) is 5.75 Å². The molecule has 0 aromatic heterocycles. The van der Waals surface area contributed by atoms with Crippen LogP contribution in [0.4, 0.5) is 5.69 Å². The third-order valence-electron chi connectivity index (χ3n) is 5.57. The number of hydrogen-bond donors (Lipinski definition) is 1. The fourth-order valence-electron chi connectivity index (χ4n) is 3.47. The predicted octanol–water partition coefficient (Wildman–Crippen LogP) is 5.54. The minimum atomic E-state index is -0.542. The zero-order valence-corrected chi connectivity index (χ0v) is 22.3. The molecular weight excluding hydrogens is 482 g/mol. The van der Waals surface area contributed by atoms with Crippen LogP contribution in [0.25, 0.3) is 11.1 Å². The highest BCUT2D eigenvalue weighted by molar-refractivity contribution is 5.90. The van der Waals surface area contributed by atoms with Crippen LogP contribution in [0, 0.1) is 5.92 Å². The molecule has 0 amide bonds. The summed E-state index contributed by atoms with van der Waals surface area (Å²) in [5, 5.41) is 0. The number of ether oxygens (including phenoxy) is 3. The largest absolute Gasteiger partial charge is 0.462 e. The molecule has 2 aromatic carbocycles. The topological polar surface area (TPSA) is 105 Å². The Bertz CT molecular complexity index is 1240. The third kappa shape index (κ3) is 8.62.